The smallest absolute Gasteiger partial charge is 0.371 e. The summed E-state index contributed by atoms with van der Waals surface area (Å²) in [5, 5.41) is 16.6. The van der Waals surface area contributed by atoms with Crippen LogP contribution in [0.15, 0.2) is 33.5 Å². The van der Waals surface area contributed by atoms with Gasteiger partial charge in [0, 0.05) is 6.07 Å². The van der Waals surface area contributed by atoms with Crippen LogP contribution in [0.2, 0.25) is 0 Å². The van der Waals surface area contributed by atoms with Crippen molar-refractivity contribution in [1.29, 1.82) is 0 Å². The molecule has 0 saturated heterocycles. The highest BCUT2D eigenvalue weighted by Gasteiger charge is 2.15. The van der Waals surface area contributed by atoms with E-state index in [-0.39, 0.29) is 17.3 Å². The highest BCUT2D eigenvalue weighted by molar-refractivity contribution is 6.02. The fraction of sp³-hybridized carbons (Fsp3) is 0. The van der Waals surface area contributed by atoms with Crippen molar-refractivity contribution in [3.05, 3.63) is 46.1 Å². The summed E-state index contributed by atoms with van der Waals surface area (Å²) in [5.74, 6) is -2.32. The summed E-state index contributed by atoms with van der Waals surface area (Å²) in [5.41, 5.74) is -0.404. The second kappa shape index (κ2) is 4.53. The highest BCUT2D eigenvalue weighted by atomic mass is 16.4. The molecule has 92 valence electrons. The van der Waals surface area contributed by atoms with Crippen molar-refractivity contribution >= 4 is 17.7 Å². The number of nitrogens with zero attached hydrogens (tertiary/aromatic N) is 1. The lowest BCUT2D eigenvalue weighted by Gasteiger charge is -2.00. The van der Waals surface area contributed by atoms with Gasteiger partial charge in [0.15, 0.2) is 11.6 Å². The predicted molar refractivity (Wildman–Crippen MR) is 58.5 cm³/mol. The molecule has 2 heterocycles. The summed E-state index contributed by atoms with van der Waals surface area (Å²) in [6.07, 6.45) is 0. The van der Waals surface area contributed by atoms with Gasteiger partial charge in [0.1, 0.15) is 0 Å². The number of carbonyl (C=O) groups is 2. The molecular formula is C10H7N3O5. The van der Waals surface area contributed by atoms with Gasteiger partial charge in [0.2, 0.25) is 5.76 Å². The Morgan fingerprint density at radius 1 is 1.22 bits per heavy atom. The van der Waals surface area contributed by atoms with E-state index < -0.39 is 17.4 Å². The normalized spacial score (nSPS) is 10.0. The summed E-state index contributed by atoms with van der Waals surface area (Å²) < 4.78 is 4.79. The molecule has 0 fully saturated rings. The minimum Gasteiger partial charge on any atom is -0.475 e. The number of nitrogens with one attached hydrogen (secondary N) is 2. The van der Waals surface area contributed by atoms with E-state index in [1.54, 1.807) is 0 Å². The number of H-pyrrole nitrogens is 1. The van der Waals surface area contributed by atoms with Crippen LogP contribution in [0.25, 0.3) is 0 Å². The number of aromatic carboxylic acids is 1. The largest absolute Gasteiger partial charge is 0.475 e. The molecule has 0 atom stereocenters. The number of aromatic amines is 1. The second-order valence-corrected chi connectivity index (χ2v) is 3.23. The van der Waals surface area contributed by atoms with Crippen LogP contribution in [0, 0.1) is 0 Å². The minimum atomic E-state index is -1.27. The first kappa shape index (κ1) is 11.6. The molecule has 0 aromatic carbocycles. The second-order valence-electron chi connectivity index (χ2n) is 3.23. The summed E-state index contributed by atoms with van der Waals surface area (Å²) >= 11 is 0. The molecule has 0 aliphatic rings. The zero-order valence-corrected chi connectivity index (χ0v) is 8.84. The Labute approximate surface area is 99.2 Å². The van der Waals surface area contributed by atoms with Gasteiger partial charge < -0.3 is 14.8 Å². The third-order valence-corrected chi connectivity index (χ3v) is 1.96. The first-order valence-corrected chi connectivity index (χ1v) is 4.76. The van der Waals surface area contributed by atoms with E-state index in [0.29, 0.717) is 0 Å². The Morgan fingerprint density at radius 3 is 2.50 bits per heavy atom. The number of aromatic nitrogens is 2. The van der Waals surface area contributed by atoms with Gasteiger partial charge >= 0.3 is 5.97 Å². The molecule has 8 heteroatoms. The molecule has 0 aliphatic heterocycles. The number of amides is 1. The molecule has 1 amide bonds. The van der Waals surface area contributed by atoms with E-state index in [1.807, 2.05) is 0 Å². The number of hydrogen-bond donors (Lipinski definition) is 3. The quantitative estimate of drug-likeness (QED) is 0.718. The molecule has 0 bridgehead atoms. The third kappa shape index (κ3) is 2.43. The Kier molecular flexibility index (Phi) is 2.92. The fourth-order valence-corrected chi connectivity index (χ4v) is 1.17. The van der Waals surface area contributed by atoms with E-state index in [0.717, 1.165) is 6.07 Å². The van der Waals surface area contributed by atoms with Crippen LogP contribution < -0.4 is 10.9 Å². The fourth-order valence-electron chi connectivity index (χ4n) is 1.17. The molecule has 3 N–H and O–H groups in total. The van der Waals surface area contributed by atoms with E-state index in [2.05, 4.69) is 15.5 Å². The van der Waals surface area contributed by atoms with Gasteiger partial charge in [-0.2, -0.15) is 5.10 Å². The minimum absolute atomic E-state index is 0.118. The van der Waals surface area contributed by atoms with Gasteiger partial charge in [-0.3, -0.25) is 9.59 Å². The van der Waals surface area contributed by atoms with Gasteiger partial charge in [0.05, 0.1) is 0 Å². The number of carbonyl (C=O) groups excluding carboxylic acids is 1. The maximum Gasteiger partial charge on any atom is 0.371 e. The van der Waals surface area contributed by atoms with Crippen molar-refractivity contribution in [3.63, 3.8) is 0 Å². The van der Waals surface area contributed by atoms with Crippen LogP contribution in [-0.2, 0) is 0 Å². The zero-order chi connectivity index (χ0) is 13.1. The number of furan rings is 1. The van der Waals surface area contributed by atoms with Crippen LogP contribution in [0.3, 0.4) is 0 Å². The molecule has 2 aromatic rings. The molecule has 0 aliphatic carbocycles. The molecule has 0 saturated carbocycles. The Hall–Kier alpha value is -2.90. The van der Waals surface area contributed by atoms with Gasteiger partial charge in [0.25, 0.3) is 11.5 Å². The molecule has 2 rings (SSSR count). The number of hydrogen-bond acceptors (Lipinski definition) is 5. The number of carboxylic acid groups (broad SMARTS) is 1. The van der Waals surface area contributed by atoms with Crippen LogP contribution in [0.4, 0.5) is 5.82 Å². The number of carboxylic acids is 1. The van der Waals surface area contributed by atoms with Gasteiger partial charge in [-0.05, 0) is 18.2 Å². The van der Waals surface area contributed by atoms with Crippen molar-refractivity contribution < 1.29 is 19.1 Å². The third-order valence-electron chi connectivity index (χ3n) is 1.96. The Morgan fingerprint density at radius 2 is 1.94 bits per heavy atom. The topological polar surface area (TPSA) is 125 Å². The van der Waals surface area contributed by atoms with Crippen LogP contribution in [0.5, 0.6) is 0 Å². The predicted octanol–water partition coefficient (Wildman–Crippen LogP) is 0.313. The summed E-state index contributed by atoms with van der Waals surface area (Å²) in [6.45, 7) is 0. The molecule has 8 nitrogen and oxygen atoms in total. The lowest BCUT2D eigenvalue weighted by atomic mass is 10.4. The zero-order valence-electron chi connectivity index (χ0n) is 8.84. The SMILES string of the molecule is O=C(O)c1ccc(C(=O)Nc2ccc(=O)[nH]n2)o1. The molecule has 0 spiro atoms. The van der Waals surface area contributed by atoms with Gasteiger partial charge in [-0.1, -0.05) is 0 Å². The van der Waals surface area contributed by atoms with Crippen molar-refractivity contribution in [2.75, 3.05) is 5.32 Å². The monoisotopic (exact) mass is 249 g/mol. The van der Waals surface area contributed by atoms with Gasteiger partial charge in [-0.25, -0.2) is 9.89 Å². The van der Waals surface area contributed by atoms with Crippen LogP contribution >= 0.6 is 0 Å². The van der Waals surface area contributed by atoms with Crippen molar-refractivity contribution in [2.45, 2.75) is 0 Å². The molecule has 2 aromatic heterocycles. The van der Waals surface area contributed by atoms with Crippen LogP contribution in [0.1, 0.15) is 21.1 Å². The lowest BCUT2D eigenvalue weighted by Crippen LogP contribution is -2.15. The van der Waals surface area contributed by atoms with E-state index in [1.165, 1.54) is 18.2 Å². The Balaban J connectivity index is 2.14. The van der Waals surface area contributed by atoms with Crippen molar-refractivity contribution in [1.82, 2.24) is 10.2 Å². The van der Waals surface area contributed by atoms with E-state index in [4.69, 9.17) is 9.52 Å². The van der Waals surface area contributed by atoms with E-state index >= 15 is 0 Å². The molecule has 18 heavy (non-hydrogen) atoms. The highest BCUT2D eigenvalue weighted by Crippen LogP contribution is 2.09. The standard InChI is InChI=1S/C10H7N3O5/c14-8-4-3-7(12-13-8)11-9(15)5-1-2-6(18-5)10(16)17/h1-4H,(H,13,14)(H,16,17)(H,11,12,15). The van der Waals surface area contributed by atoms with Crippen LogP contribution in [-0.4, -0.2) is 27.2 Å². The van der Waals surface area contributed by atoms with Crippen molar-refractivity contribution in [3.8, 4) is 0 Å². The average molecular weight is 249 g/mol. The molecular weight excluding hydrogens is 242 g/mol. The summed E-state index contributed by atoms with van der Waals surface area (Å²) in [4.78, 5) is 32.9. The van der Waals surface area contributed by atoms with Crippen molar-refractivity contribution in [2.24, 2.45) is 0 Å². The summed E-state index contributed by atoms with van der Waals surface area (Å²) in [6, 6.07) is 4.88. The maximum absolute atomic E-state index is 11.6. The van der Waals surface area contributed by atoms with Gasteiger partial charge in [-0.15, -0.1) is 0 Å². The summed E-state index contributed by atoms with van der Waals surface area (Å²) in [7, 11) is 0. The molecule has 0 radical (unpaired) electrons. The number of rotatable bonds is 3. The first-order chi connectivity index (χ1) is 8.56. The Bertz CT molecular complexity index is 637. The number of anilines is 1. The molecule has 0 unspecified atom stereocenters. The average Bonchev–Trinajstić information content (AvgIpc) is 2.81. The first-order valence-electron chi connectivity index (χ1n) is 4.76. The maximum atomic E-state index is 11.6. The lowest BCUT2D eigenvalue weighted by molar-refractivity contribution is 0.0660. The van der Waals surface area contributed by atoms with E-state index in [9.17, 15) is 14.4 Å².